The molecule has 0 saturated carbocycles. The number of pyridine rings is 1. The van der Waals surface area contributed by atoms with Crippen molar-refractivity contribution >= 4 is 23.5 Å². The quantitative estimate of drug-likeness (QED) is 0.404. The molecule has 0 aliphatic rings. The van der Waals surface area contributed by atoms with E-state index in [4.69, 9.17) is 5.84 Å². The molecule has 0 aromatic carbocycles. The standard InChI is InChI=1S/C12H19FN4OS/c1-3-19-7-5-8(2)16-12(18)9-4-6-15-11(17-14)10(9)13/h4,6,8H,3,5,7,14H2,1-2H3,(H,15,17)(H,16,18). The van der Waals surface area contributed by atoms with Gasteiger partial charge in [0.1, 0.15) is 0 Å². The topological polar surface area (TPSA) is 80.0 Å². The molecule has 0 aliphatic heterocycles. The Morgan fingerprint density at radius 2 is 2.37 bits per heavy atom. The van der Waals surface area contributed by atoms with E-state index in [9.17, 15) is 9.18 Å². The summed E-state index contributed by atoms with van der Waals surface area (Å²) in [6.45, 7) is 3.98. The van der Waals surface area contributed by atoms with Crippen LogP contribution in [0.1, 0.15) is 30.6 Å². The minimum atomic E-state index is -0.738. The highest BCUT2D eigenvalue weighted by Crippen LogP contribution is 2.14. The average Bonchev–Trinajstić information content (AvgIpc) is 2.39. The third-order valence-corrected chi connectivity index (χ3v) is 3.48. The van der Waals surface area contributed by atoms with E-state index in [1.807, 2.05) is 6.92 Å². The van der Waals surface area contributed by atoms with Crippen LogP contribution >= 0.6 is 11.8 Å². The fraction of sp³-hybridized carbons (Fsp3) is 0.500. The maximum atomic E-state index is 13.8. The number of hydrogen-bond acceptors (Lipinski definition) is 5. The number of hydrazine groups is 1. The van der Waals surface area contributed by atoms with E-state index < -0.39 is 11.7 Å². The van der Waals surface area contributed by atoms with E-state index in [2.05, 4.69) is 22.7 Å². The Morgan fingerprint density at radius 1 is 1.63 bits per heavy atom. The zero-order valence-electron chi connectivity index (χ0n) is 11.1. The highest BCUT2D eigenvalue weighted by atomic mass is 32.2. The van der Waals surface area contributed by atoms with Crippen LogP contribution in [0.3, 0.4) is 0 Å². The number of aromatic nitrogens is 1. The fourth-order valence-corrected chi connectivity index (χ4v) is 2.31. The summed E-state index contributed by atoms with van der Waals surface area (Å²) < 4.78 is 13.8. The molecule has 1 aromatic heterocycles. The van der Waals surface area contributed by atoms with Gasteiger partial charge in [-0.25, -0.2) is 15.2 Å². The van der Waals surface area contributed by atoms with Gasteiger partial charge in [-0.1, -0.05) is 6.92 Å². The first-order chi connectivity index (χ1) is 9.10. The highest BCUT2D eigenvalue weighted by molar-refractivity contribution is 7.99. The molecule has 1 rings (SSSR count). The molecule has 5 nitrogen and oxygen atoms in total. The van der Waals surface area contributed by atoms with Gasteiger partial charge in [0.15, 0.2) is 11.6 Å². The molecule has 1 amide bonds. The molecule has 0 spiro atoms. The zero-order valence-corrected chi connectivity index (χ0v) is 11.9. The maximum absolute atomic E-state index is 13.8. The molecule has 1 heterocycles. The molecule has 0 bridgehead atoms. The Kier molecular flexibility index (Phi) is 6.58. The molecule has 1 aromatic rings. The van der Waals surface area contributed by atoms with Crippen LogP contribution in [0.15, 0.2) is 12.3 Å². The number of rotatable bonds is 7. The Hall–Kier alpha value is -1.34. The van der Waals surface area contributed by atoms with Crippen molar-refractivity contribution in [3.8, 4) is 0 Å². The van der Waals surface area contributed by atoms with Gasteiger partial charge < -0.3 is 10.7 Å². The zero-order chi connectivity index (χ0) is 14.3. The monoisotopic (exact) mass is 286 g/mol. The van der Waals surface area contributed by atoms with Crippen molar-refractivity contribution in [3.63, 3.8) is 0 Å². The second-order valence-corrected chi connectivity index (χ2v) is 5.42. The number of anilines is 1. The first kappa shape index (κ1) is 15.7. The lowest BCUT2D eigenvalue weighted by Gasteiger charge is -2.14. The predicted octanol–water partition coefficient (Wildman–Crippen LogP) is 1.77. The Bertz CT molecular complexity index is 430. The highest BCUT2D eigenvalue weighted by Gasteiger charge is 2.17. The van der Waals surface area contributed by atoms with Crippen LogP contribution in [-0.4, -0.2) is 28.4 Å². The van der Waals surface area contributed by atoms with E-state index in [-0.39, 0.29) is 17.4 Å². The molecule has 0 fully saturated rings. The molecule has 1 unspecified atom stereocenters. The van der Waals surface area contributed by atoms with Gasteiger partial charge in [-0.05, 0) is 30.9 Å². The van der Waals surface area contributed by atoms with Crippen LogP contribution in [0.4, 0.5) is 10.2 Å². The molecule has 0 aliphatic carbocycles. The summed E-state index contributed by atoms with van der Waals surface area (Å²) in [5, 5.41) is 2.76. The normalized spacial score (nSPS) is 12.0. The largest absolute Gasteiger partial charge is 0.349 e. The number of halogens is 1. The maximum Gasteiger partial charge on any atom is 0.254 e. The van der Waals surface area contributed by atoms with Crippen LogP contribution in [0.2, 0.25) is 0 Å². The van der Waals surface area contributed by atoms with Crippen molar-refractivity contribution in [2.45, 2.75) is 26.3 Å². The van der Waals surface area contributed by atoms with E-state index in [1.165, 1.54) is 12.3 Å². The van der Waals surface area contributed by atoms with Gasteiger partial charge in [0.25, 0.3) is 5.91 Å². The smallest absolute Gasteiger partial charge is 0.254 e. The number of hydrogen-bond donors (Lipinski definition) is 3. The number of carbonyl (C=O) groups excluding carboxylic acids is 1. The predicted molar refractivity (Wildman–Crippen MR) is 76.5 cm³/mol. The third-order valence-electron chi connectivity index (χ3n) is 2.55. The number of amides is 1. The van der Waals surface area contributed by atoms with Crippen molar-refractivity contribution in [3.05, 3.63) is 23.6 Å². The summed E-state index contributed by atoms with van der Waals surface area (Å²) in [6.07, 6.45) is 2.18. The van der Waals surface area contributed by atoms with Gasteiger partial charge in [-0.15, -0.1) is 0 Å². The average molecular weight is 286 g/mol. The number of thioether (sulfide) groups is 1. The van der Waals surface area contributed by atoms with Gasteiger partial charge in [0.2, 0.25) is 0 Å². The van der Waals surface area contributed by atoms with Gasteiger partial charge >= 0.3 is 0 Å². The number of nitrogens with one attached hydrogen (secondary N) is 2. The van der Waals surface area contributed by atoms with E-state index in [0.717, 1.165) is 17.9 Å². The summed E-state index contributed by atoms with van der Waals surface area (Å²) in [7, 11) is 0. The molecule has 7 heteroatoms. The third kappa shape index (κ3) is 4.68. The van der Waals surface area contributed by atoms with Crippen molar-refractivity contribution in [1.82, 2.24) is 10.3 Å². The summed E-state index contributed by atoms with van der Waals surface area (Å²) in [6, 6.07) is 1.33. The van der Waals surface area contributed by atoms with Gasteiger partial charge in [0.05, 0.1) is 5.56 Å². The molecular weight excluding hydrogens is 267 g/mol. The van der Waals surface area contributed by atoms with Crippen LogP contribution in [0, 0.1) is 5.82 Å². The minimum Gasteiger partial charge on any atom is -0.349 e. The molecule has 4 N–H and O–H groups in total. The van der Waals surface area contributed by atoms with Crippen LogP contribution in [0.5, 0.6) is 0 Å². The molecule has 19 heavy (non-hydrogen) atoms. The molecule has 0 radical (unpaired) electrons. The molecule has 0 saturated heterocycles. The van der Waals surface area contributed by atoms with Gasteiger partial charge in [-0.2, -0.15) is 11.8 Å². The van der Waals surface area contributed by atoms with Gasteiger partial charge in [-0.3, -0.25) is 4.79 Å². The summed E-state index contributed by atoms with van der Waals surface area (Å²) in [5.74, 6) is 5.80. The number of carbonyl (C=O) groups is 1. The number of nitrogen functional groups attached to an aromatic ring is 1. The van der Waals surface area contributed by atoms with Crippen molar-refractivity contribution in [2.24, 2.45) is 5.84 Å². The van der Waals surface area contributed by atoms with Crippen molar-refractivity contribution < 1.29 is 9.18 Å². The first-order valence-electron chi connectivity index (χ1n) is 6.09. The molecular formula is C12H19FN4OS. The van der Waals surface area contributed by atoms with E-state index in [1.54, 1.807) is 11.8 Å². The number of nitrogens with zero attached hydrogens (tertiary/aromatic N) is 1. The van der Waals surface area contributed by atoms with Crippen LogP contribution < -0.4 is 16.6 Å². The van der Waals surface area contributed by atoms with Crippen molar-refractivity contribution in [1.29, 1.82) is 0 Å². The second-order valence-electron chi connectivity index (χ2n) is 4.03. The van der Waals surface area contributed by atoms with Crippen molar-refractivity contribution in [2.75, 3.05) is 16.9 Å². The minimum absolute atomic E-state index is 0.00611. The Morgan fingerprint density at radius 3 is 3.00 bits per heavy atom. The molecule has 106 valence electrons. The Labute approximate surface area is 116 Å². The summed E-state index contributed by atoms with van der Waals surface area (Å²) >= 11 is 1.81. The number of nitrogens with two attached hydrogens (primary N) is 1. The lowest BCUT2D eigenvalue weighted by Crippen LogP contribution is -2.33. The fourth-order valence-electron chi connectivity index (χ4n) is 1.50. The lowest BCUT2D eigenvalue weighted by molar-refractivity contribution is 0.0935. The van der Waals surface area contributed by atoms with E-state index in [0.29, 0.717) is 0 Å². The Balaban J connectivity index is 2.63. The summed E-state index contributed by atoms with van der Waals surface area (Å²) in [4.78, 5) is 15.6. The second kappa shape index (κ2) is 7.96. The summed E-state index contributed by atoms with van der Waals surface area (Å²) in [5.41, 5.74) is 2.06. The van der Waals surface area contributed by atoms with Crippen LogP contribution in [-0.2, 0) is 0 Å². The van der Waals surface area contributed by atoms with Crippen LogP contribution in [0.25, 0.3) is 0 Å². The van der Waals surface area contributed by atoms with Gasteiger partial charge in [0, 0.05) is 12.2 Å². The van der Waals surface area contributed by atoms with E-state index >= 15 is 0 Å². The molecule has 1 atom stereocenters. The first-order valence-corrected chi connectivity index (χ1v) is 7.25. The lowest BCUT2D eigenvalue weighted by atomic mass is 10.2. The SMILES string of the molecule is CCSCCC(C)NC(=O)c1ccnc(NN)c1F.